The first kappa shape index (κ1) is 8.93. The van der Waals surface area contributed by atoms with Gasteiger partial charge in [-0.15, -0.1) is 0 Å². The number of benzene rings is 1. The molecule has 0 fully saturated rings. The van der Waals surface area contributed by atoms with Crippen molar-refractivity contribution in [3.8, 4) is 5.75 Å². The number of hydrogen-bond donors (Lipinski definition) is 2. The van der Waals surface area contributed by atoms with Crippen molar-refractivity contribution in [2.75, 3.05) is 6.54 Å². The predicted octanol–water partition coefficient (Wildman–Crippen LogP) is 1.17. The van der Waals surface area contributed by atoms with Crippen molar-refractivity contribution < 1.29 is 13.9 Å². The maximum absolute atomic E-state index is 12.6. The van der Waals surface area contributed by atoms with E-state index in [1.54, 1.807) is 0 Å². The molecule has 1 aromatic carbocycles. The molecule has 0 spiro atoms. The maximum atomic E-state index is 12.6. The zero-order valence-corrected chi connectivity index (χ0v) is 6.35. The van der Waals surface area contributed by atoms with Gasteiger partial charge < -0.3 is 10.8 Å². The molecular weight excluding hydrogens is 164 g/mol. The third-order valence-electron chi connectivity index (χ3n) is 1.50. The lowest BCUT2D eigenvalue weighted by Gasteiger charge is -2.01. The lowest BCUT2D eigenvalue weighted by molar-refractivity contribution is 0.406. The van der Waals surface area contributed by atoms with Gasteiger partial charge in [-0.1, -0.05) is 0 Å². The number of rotatable bonds is 2. The summed E-state index contributed by atoms with van der Waals surface area (Å²) in [6.45, 7) is 0.338. The lowest BCUT2D eigenvalue weighted by atomic mass is 10.1. The number of phenols is 1. The molecule has 0 unspecified atom stereocenters. The number of aromatic hydroxyl groups is 1. The van der Waals surface area contributed by atoms with Crippen molar-refractivity contribution in [1.82, 2.24) is 0 Å². The average molecular weight is 173 g/mol. The zero-order chi connectivity index (χ0) is 9.14. The van der Waals surface area contributed by atoms with Gasteiger partial charge in [-0.2, -0.15) is 4.39 Å². The van der Waals surface area contributed by atoms with Gasteiger partial charge in [0.1, 0.15) is 0 Å². The fourth-order valence-corrected chi connectivity index (χ4v) is 0.940. The highest BCUT2D eigenvalue weighted by Gasteiger charge is 2.08. The Labute approximate surface area is 68.6 Å². The Morgan fingerprint density at radius 3 is 2.50 bits per heavy atom. The second kappa shape index (κ2) is 3.49. The van der Waals surface area contributed by atoms with Crippen LogP contribution >= 0.6 is 0 Å². The summed E-state index contributed by atoms with van der Waals surface area (Å²) in [5.74, 6) is -2.92. The summed E-state index contributed by atoms with van der Waals surface area (Å²) in [7, 11) is 0. The zero-order valence-electron chi connectivity index (χ0n) is 6.35. The van der Waals surface area contributed by atoms with Gasteiger partial charge >= 0.3 is 0 Å². The van der Waals surface area contributed by atoms with Gasteiger partial charge in [0.15, 0.2) is 17.4 Å². The molecule has 12 heavy (non-hydrogen) atoms. The monoisotopic (exact) mass is 173 g/mol. The van der Waals surface area contributed by atoms with Crippen LogP contribution in [0.4, 0.5) is 8.78 Å². The van der Waals surface area contributed by atoms with E-state index in [2.05, 4.69) is 0 Å². The Morgan fingerprint density at radius 1 is 1.33 bits per heavy atom. The predicted molar refractivity (Wildman–Crippen MR) is 40.8 cm³/mol. The third-order valence-corrected chi connectivity index (χ3v) is 1.50. The molecule has 66 valence electrons. The quantitative estimate of drug-likeness (QED) is 0.705. The molecule has 1 rings (SSSR count). The molecule has 0 radical (unpaired) electrons. The normalized spacial score (nSPS) is 10.2. The first-order valence-electron chi connectivity index (χ1n) is 3.52. The molecule has 0 heterocycles. The smallest absolute Gasteiger partial charge is 0.200 e. The molecule has 0 aromatic heterocycles. The van der Waals surface area contributed by atoms with Crippen LogP contribution in [-0.4, -0.2) is 11.7 Å². The maximum Gasteiger partial charge on any atom is 0.200 e. The van der Waals surface area contributed by atoms with Gasteiger partial charge in [0.25, 0.3) is 0 Å². The van der Waals surface area contributed by atoms with Crippen LogP contribution in [0.1, 0.15) is 5.56 Å². The van der Waals surface area contributed by atoms with Crippen LogP contribution in [0.15, 0.2) is 12.1 Å². The Morgan fingerprint density at radius 2 is 2.00 bits per heavy atom. The Balaban J connectivity index is 3.04. The minimum absolute atomic E-state index is 0.338. The van der Waals surface area contributed by atoms with E-state index in [-0.39, 0.29) is 0 Å². The molecule has 4 heteroatoms. The van der Waals surface area contributed by atoms with Crippen molar-refractivity contribution in [3.05, 3.63) is 29.3 Å². The summed E-state index contributed by atoms with van der Waals surface area (Å²) in [6.07, 6.45) is 0.421. The molecule has 0 bridgehead atoms. The molecule has 3 N–H and O–H groups in total. The second-order valence-corrected chi connectivity index (χ2v) is 2.45. The van der Waals surface area contributed by atoms with E-state index >= 15 is 0 Å². The van der Waals surface area contributed by atoms with Crippen molar-refractivity contribution in [2.45, 2.75) is 6.42 Å². The van der Waals surface area contributed by atoms with Crippen molar-refractivity contribution in [3.63, 3.8) is 0 Å². The molecule has 0 atom stereocenters. The van der Waals surface area contributed by atoms with Crippen LogP contribution in [0.25, 0.3) is 0 Å². The van der Waals surface area contributed by atoms with Gasteiger partial charge in [0.2, 0.25) is 0 Å². The van der Waals surface area contributed by atoms with Crippen molar-refractivity contribution in [1.29, 1.82) is 0 Å². The Hall–Kier alpha value is -1.16. The fraction of sp³-hybridized carbons (Fsp3) is 0.250. The number of halogens is 2. The van der Waals surface area contributed by atoms with E-state index in [1.165, 1.54) is 6.07 Å². The lowest BCUT2D eigenvalue weighted by Crippen LogP contribution is -2.03. The highest BCUT2D eigenvalue weighted by atomic mass is 19.2. The topological polar surface area (TPSA) is 46.2 Å². The minimum Gasteiger partial charge on any atom is -0.505 e. The van der Waals surface area contributed by atoms with Crippen LogP contribution in [0, 0.1) is 11.6 Å². The van der Waals surface area contributed by atoms with Gasteiger partial charge in [-0.3, -0.25) is 0 Å². The minimum atomic E-state index is -1.21. The largest absolute Gasteiger partial charge is 0.505 e. The average Bonchev–Trinajstić information content (AvgIpc) is 2.01. The Bertz CT molecular complexity index is 265. The van der Waals surface area contributed by atoms with Crippen LogP contribution < -0.4 is 5.73 Å². The van der Waals surface area contributed by atoms with Crippen LogP contribution in [0.2, 0.25) is 0 Å². The standard InChI is InChI=1S/C8H9F2NO/c9-6-3-5(1-2-11)4-7(12)8(6)10/h3-4,12H,1-2,11H2. The molecule has 0 aliphatic carbocycles. The van der Waals surface area contributed by atoms with Gasteiger partial charge in [-0.05, 0) is 30.7 Å². The number of hydrogen-bond acceptors (Lipinski definition) is 2. The van der Waals surface area contributed by atoms with Gasteiger partial charge in [-0.25, -0.2) is 4.39 Å². The molecule has 0 saturated heterocycles. The first-order chi connectivity index (χ1) is 5.65. The molecule has 1 aromatic rings. The fourth-order valence-electron chi connectivity index (χ4n) is 0.940. The molecule has 0 aliphatic heterocycles. The van der Waals surface area contributed by atoms with E-state index in [0.29, 0.717) is 18.5 Å². The summed E-state index contributed by atoms with van der Waals surface area (Å²) in [4.78, 5) is 0. The van der Waals surface area contributed by atoms with E-state index in [9.17, 15) is 8.78 Å². The molecular formula is C8H9F2NO. The van der Waals surface area contributed by atoms with Crippen LogP contribution in [-0.2, 0) is 6.42 Å². The van der Waals surface area contributed by atoms with Crippen molar-refractivity contribution in [2.24, 2.45) is 5.73 Å². The van der Waals surface area contributed by atoms with Crippen LogP contribution in [0.3, 0.4) is 0 Å². The van der Waals surface area contributed by atoms with Crippen LogP contribution in [0.5, 0.6) is 5.75 Å². The highest BCUT2D eigenvalue weighted by molar-refractivity contribution is 5.30. The van der Waals surface area contributed by atoms with E-state index < -0.39 is 17.4 Å². The third kappa shape index (κ3) is 1.71. The van der Waals surface area contributed by atoms with Gasteiger partial charge in [0.05, 0.1) is 0 Å². The number of phenolic OH excluding ortho intramolecular Hbond substituents is 1. The van der Waals surface area contributed by atoms with E-state index in [0.717, 1.165) is 6.07 Å². The van der Waals surface area contributed by atoms with Crippen molar-refractivity contribution >= 4 is 0 Å². The summed E-state index contributed by atoms with van der Waals surface area (Å²) >= 11 is 0. The SMILES string of the molecule is NCCc1cc(O)c(F)c(F)c1. The molecule has 0 saturated carbocycles. The molecule has 0 aliphatic rings. The summed E-state index contributed by atoms with van der Waals surface area (Å²) in [6, 6.07) is 2.20. The summed E-state index contributed by atoms with van der Waals surface area (Å²) in [5, 5.41) is 8.85. The summed E-state index contributed by atoms with van der Waals surface area (Å²) < 4.78 is 25.1. The van der Waals surface area contributed by atoms with E-state index in [1.807, 2.05) is 0 Å². The first-order valence-corrected chi connectivity index (χ1v) is 3.52. The van der Waals surface area contributed by atoms with Gasteiger partial charge in [0, 0.05) is 0 Å². The Kier molecular flexibility index (Phi) is 2.60. The molecule has 0 amide bonds. The van der Waals surface area contributed by atoms with E-state index in [4.69, 9.17) is 10.8 Å². The second-order valence-electron chi connectivity index (χ2n) is 2.45. The molecule has 2 nitrogen and oxygen atoms in total. The number of nitrogens with two attached hydrogens (primary N) is 1. The highest BCUT2D eigenvalue weighted by Crippen LogP contribution is 2.20. The summed E-state index contributed by atoms with van der Waals surface area (Å²) in [5.41, 5.74) is 5.70.